The van der Waals surface area contributed by atoms with Gasteiger partial charge in [-0.2, -0.15) is 13.2 Å². The van der Waals surface area contributed by atoms with Gasteiger partial charge < -0.3 is 11.1 Å². The molecule has 128 valence electrons. The maximum Gasteiger partial charge on any atom is 0.405 e. The van der Waals surface area contributed by atoms with Crippen molar-refractivity contribution in [3.8, 4) is 0 Å². The van der Waals surface area contributed by atoms with Crippen LogP contribution in [0.25, 0.3) is 0 Å². The fourth-order valence-corrected chi connectivity index (χ4v) is 2.50. The number of hydrogen-bond donors (Lipinski definition) is 2. The van der Waals surface area contributed by atoms with Gasteiger partial charge in [0.15, 0.2) is 0 Å². The molecule has 0 aliphatic heterocycles. The van der Waals surface area contributed by atoms with E-state index >= 15 is 0 Å². The Kier molecular flexibility index (Phi) is 5.62. The fraction of sp³-hybridized carbons (Fsp3) is 0.278. The SMILES string of the molecule is NC(Cc1ccccc1)(Cc1ccccc1)C(=O)NCC(F)(F)F. The highest BCUT2D eigenvalue weighted by Crippen LogP contribution is 2.19. The zero-order valence-corrected chi connectivity index (χ0v) is 13.0. The number of benzene rings is 2. The molecule has 0 radical (unpaired) electrons. The molecule has 0 saturated carbocycles. The van der Waals surface area contributed by atoms with Gasteiger partial charge in [0.25, 0.3) is 0 Å². The summed E-state index contributed by atoms with van der Waals surface area (Å²) in [7, 11) is 0. The number of amides is 1. The van der Waals surface area contributed by atoms with E-state index < -0.39 is 24.2 Å². The van der Waals surface area contributed by atoms with Crippen molar-refractivity contribution in [1.29, 1.82) is 0 Å². The molecular formula is C18H19F3N2O. The highest BCUT2D eigenvalue weighted by Gasteiger charge is 2.37. The van der Waals surface area contributed by atoms with Gasteiger partial charge in [-0.1, -0.05) is 60.7 Å². The minimum Gasteiger partial charge on any atom is -0.345 e. The normalized spacial score (nSPS) is 12.0. The van der Waals surface area contributed by atoms with Gasteiger partial charge in [0.05, 0.1) is 0 Å². The van der Waals surface area contributed by atoms with Crippen LogP contribution in [0, 0.1) is 0 Å². The first-order valence-electron chi connectivity index (χ1n) is 7.50. The van der Waals surface area contributed by atoms with Crippen molar-refractivity contribution in [2.75, 3.05) is 6.54 Å². The van der Waals surface area contributed by atoms with Crippen LogP contribution in [0.1, 0.15) is 11.1 Å². The third-order valence-corrected chi connectivity index (χ3v) is 3.63. The fourth-order valence-electron chi connectivity index (χ4n) is 2.50. The first kappa shape index (κ1) is 18.0. The Morgan fingerprint density at radius 1 is 0.875 bits per heavy atom. The van der Waals surface area contributed by atoms with Crippen LogP contribution in [-0.4, -0.2) is 24.2 Å². The molecule has 0 aromatic heterocycles. The molecule has 2 aromatic rings. The first-order chi connectivity index (χ1) is 11.3. The average molecular weight is 336 g/mol. The predicted octanol–water partition coefficient (Wildman–Crippen LogP) is 2.85. The summed E-state index contributed by atoms with van der Waals surface area (Å²) < 4.78 is 37.2. The van der Waals surface area contributed by atoms with E-state index in [0.29, 0.717) is 0 Å². The van der Waals surface area contributed by atoms with Crippen LogP contribution < -0.4 is 11.1 Å². The summed E-state index contributed by atoms with van der Waals surface area (Å²) in [4.78, 5) is 12.4. The van der Waals surface area contributed by atoms with Gasteiger partial charge in [0, 0.05) is 0 Å². The summed E-state index contributed by atoms with van der Waals surface area (Å²) in [6, 6.07) is 18.0. The van der Waals surface area contributed by atoms with Gasteiger partial charge in [-0.3, -0.25) is 4.79 Å². The molecule has 0 unspecified atom stereocenters. The number of nitrogens with two attached hydrogens (primary N) is 1. The lowest BCUT2D eigenvalue weighted by molar-refractivity contribution is -0.141. The number of carbonyl (C=O) groups excluding carboxylic acids is 1. The lowest BCUT2D eigenvalue weighted by Gasteiger charge is -2.29. The van der Waals surface area contributed by atoms with Crippen molar-refractivity contribution in [2.45, 2.75) is 24.6 Å². The van der Waals surface area contributed by atoms with E-state index in [1.54, 1.807) is 48.5 Å². The molecule has 0 bridgehead atoms. The molecule has 2 aromatic carbocycles. The Labute approximate surface area is 138 Å². The monoisotopic (exact) mass is 336 g/mol. The van der Waals surface area contributed by atoms with E-state index in [2.05, 4.69) is 0 Å². The molecule has 0 atom stereocenters. The molecule has 0 saturated heterocycles. The van der Waals surface area contributed by atoms with Crippen LogP contribution in [0.4, 0.5) is 13.2 Å². The van der Waals surface area contributed by atoms with Gasteiger partial charge >= 0.3 is 6.18 Å². The maximum atomic E-state index is 12.4. The minimum absolute atomic E-state index is 0.145. The molecule has 0 heterocycles. The van der Waals surface area contributed by atoms with E-state index in [1.807, 2.05) is 17.4 Å². The van der Waals surface area contributed by atoms with Crippen LogP contribution >= 0.6 is 0 Å². The quantitative estimate of drug-likeness (QED) is 0.852. The number of nitrogens with one attached hydrogen (secondary N) is 1. The molecule has 0 spiro atoms. The number of hydrogen-bond acceptors (Lipinski definition) is 2. The van der Waals surface area contributed by atoms with E-state index in [1.165, 1.54) is 0 Å². The molecular weight excluding hydrogens is 317 g/mol. The third kappa shape index (κ3) is 5.38. The molecule has 1 amide bonds. The second-order valence-corrected chi connectivity index (χ2v) is 5.78. The van der Waals surface area contributed by atoms with Crippen molar-refractivity contribution in [2.24, 2.45) is 5.73 Å². The van der Waals surface area contributed by atoms with E-state index in [9.17, 15) is 18.0 Å². The second-order valence-electron chi connectivity index (χ2n) is 5.78. The highest BCUT2D eigenvalue weighted by atomic mass is 19.4. The Bertz CT molecular complexity index is 615. The largest absolute Gasteiger partial charge is 0.405 e. The Morgan fingerprint density at radius 2 is 1.29 bits per heavy atom. The third-order valence-electron chi connectivity index (χ3n) is 3.63. The van der Waals surface area contributed by atoms with Crippen molar-refractivity contribution >= 4 is 5.91 Å². The Morgan fingerprint density at radius 3 is 1.67 bits per heavy atom. The van der Waals surface area contributed by atoms with Crippen molar-refractivity contribution in [1.82, 2.24) is 5.32 Å². The molecule has 24 heavy (non-hydrogen) atoms. The molecule has 3 N–H and O–H groups in total. The molecule has 0 aliphatic rings. The lowest BCUT2D eigenvalue weighted by Crippen LogP contribution is -2.58. The van der Waals surface area contributed by atoms with Crippen molar-refractivity contribution in [3.05, 3.63) is 71.8 Å². The van der Waals surface area contributed by atoms with Gasteiger partial charge in [-0.15, -0.1) is 0 Å². The van der Waals surface area contributed by atoms with Gasteiger partial charge in [0.2, 0.25) is 5.91 Å². The topological polar surface area (TPSA) is 55.1 Å². The van der Waals surface area contributed by atoms with Crippen LogP contribution in [0.5, 0.6) is 0 Å². The summed E-state index contributed by atoms with van der Waals surface area (Å²) in [5.74, 6) is -0.812. The van der Waals surface area contributed by atoms with Crippen LogP contribution in [0.2, 0.25) is 0 Å². The number of rotatable bonds is 6. The second kappa shape index (κ2) is 7.49. The minimum atomic E-state index is -4.48. The molecule has 2 rings (SSSR count). The molecule has 0 aliphatic carbocycles. The van der Waals surface area contributed by atoms with Crippen molar-refractivity contribution < 1.29 is 18.0 Å². The van der Waals surface area contributed by atoms with E-state index in [4.69, 9.17) is 5.73 Å². The molecule has 6 heteroatoms. The first-order valence-corrected chi connectivity index (χ1v) is 7.50. The smallest absolute Gasteiger partial charge is 0.345 e. The molecule has 3 nitrogen and oxygen atoms in total. The van der Waals surface area contributed by atoms with Crippen LogP contribution in [0.3, 0.4) is 0 Å². The predicted molar refractivity (Wildman–Crippen MR) is 86.3 cm³/mol. The van der Waals surface area contributed by atoms with Gasteiger partial charge in [-0.25, -0.2) is 0 Å². The molecule has 0 fully saturated rings. The summed E-state index contributed by atoms with van der Waals surface area (Å²) in [5.41, 5.74) is 6.37. The Hall–Kier alpha value is -2.34. The summed E-state index contributed by atoms with van der Waals surface area (Å²) in [6.07, 6.45) is -4.19. The summed E-state index contributed by atoms with van der Waals surface area (Å²) in [6.45, 7) is -1.39. The van der Waals surface area contributed by atoms with Crippen molar-refractivity contribution in [3.63, 3.8) is 0 Å². The van der Waals surface area contributed by atoms with E-state index in [0.717, 1.165) is 11.1 Å². The Balaban J connectivity index is 2.21. The number of carbonyl (C=O) groups is 1. The summed E-state index contributed by atoms with van der Waals surface area (Å²) >= 11 is 0. The van der Waals surface area contributed by atoms with Crippen LogP contribution in [-0.2, 0) is 17.6 Å². The zero-order valence-electron chi connectivity index (χ0n) is 13.0. The highest BCUT2D eigenvalue weighted by molar-refractivity contribution is 5.86. The number of alkyl halides is 3. The maximum absolute atomic E-state index is 12.4. The van der Waals surface area contributed by atoms with Gasteiger partial charge in [0.1, 0.15) is 12.1 Å². The standard InChI is InChI=1S/C18H19F3N2O/c19-18(20,21)13-23-16(24)17(22,11-14-7-3-1-4-8-14)12-15-9-5-2-6-10-15/h1-10H,11-13,22H2,(H,23,24). The zero-order chi connectivity index (χ0) is 17.6. The van der Waals surface area contributed by atoms with Gasteiger partial charge in [-0.05, 0) is 24.0 Å². The number of halogens is 3. The average Bonchev–Trinajstić information content (AvgIpc) is 2.53. The lowest BCUT2D eigenvalue weighted by atomic mass is 9.84. The van der Waals surface area contributed by atoms with E-state index in [-0.39, 0.29) is 12.8 Å². The van der Waals surface area contributed by atoms with Crippen LogP contribution in [0.15, 0.2) is 60.7 Å². The summed E-state index contributed by atoms with van der Waals surface area (Å²) in [5, 5.41) is 1.91.